The van der Waals surface area contributed by atoms with Gasteiger partial charge in [0.25, 0.3) is 0 Å². The van der Waals surface area contributed by atoms with E-state index in [9.17, 15) is 0 Å². The summed E-state index contributed by atoms with van der Waals surface area (Å²) in [6, 6.07) is 2.31. The molecule has 0 amide bonds. The third-order valence-corrected chi connectivity index (χ3v) is 3.07. The molecule has 0 bridgehead atoms. The van der Waals surface area contributed by atoms with Crippen LogP contribution in [0.2, 0.25) is 0 Å². The van der Waals surface area contributed by atoms with Gasteiger partial charge in [-0.25, -0.2) is 9.97 Å². The number of methoxy groups -OCH3 is 1. The number of rotatable bonds is 3. The molecular formula is C11H20Cl2N4O. The van der Waals surface area contributed by atoms with Crippen molar-refractivity contribution in [2.75, 3.05) is 25.1 Å². The van der Waals surface area contributed by atoms with Crippen LogP contribution in [0.3, 0.4) is 0 Å². The smallest absolute Gasteiger partial charge is 0.132 e. The minimum Gasteiger partial charge on any atom is -0.380 e. The topological polar surface area (TPSA) is 64.3 Å². The highest BCUT2D eigenvalue weighted by molar-refractivity contribution is 5.85. The lowest BCUT2D eigenvalue weighted by Crippen LogP contribution is -2.36. The fraction of sp³-hybridized carbons (Fsp3) is 0.636. The summed E-state index contributed by atoms with van der Waals surface area (Å²) >= 11 is 0. The SMILES string of the molecule is CO[C@H]1C[C@@H](CN)N(c2cc(C)ncn2)C1.Cl.Cl. The van der Waals surface area contributed by atoms with Gasteiger partial charge in [0.15, 0.2) is 0 Å². The van der Waals surface area contributed by atoms with Gasteiger partial charge in [-0.2, -0.15) is 0 Å². The molecule has 5 nitrogen and oxygen atoms in total. The third-order valence-electron chi connectivity index (χ3n) is 3.07. The molecule has 0 aromatic carbocycles. The molecule has 7 heteroatoms. The lowest BCUT2D eigenvalue weighted by molar-refractivity contribution is 0.118. The van der Waals surface area contributed by atoms with Gasteiger partial charge in [0, 0.05) is 38.0 Å². The second-order valence-corrected chi connectivity index (χ2v) is 4.15. The average Bonchev–Trinajstić information content (AvgIpc) is 2.72. The average molecular weight is 295 g/mol. The summed E-state index contributed by atoms with van der Waals surface area (Å²) in [6.45, 7) is 3.45. The van der Waals surface area contributed by atoms with Crippen LogP contribution in [0.15, 0.2) is 12.4 Å². The summed E-state index contributed by atoms with van der Waals surface area (Å²) in [7, 11) is 1.74. The highest BCUT2D eigenvalue weighted by Gasteiger charge is 2.31. The zero-order valence-electron chi connectivity index (χ0n) is 10.6. The molecule has 0 aliphatic carbocycles. The first kappa shape index (κ1) is 17.4. The number of aryl methyl sites for hydroxylation is 1. The maximum absolute atomic E-state index is 5.78. The molecular weight excluding hydrogens is 275 g/mol. The largest absolute Gasteiger partial charge is 0.380 e. The highest BCUT2D eigenvalue weighted by Crippen LogP contribution is 2.24. The maximum atomic E-state index is 5.78. The van der Waals surface area contributed by atoms with Crippen LogP contribution in [0.25, 0.3) is 0 Å². The van der Waals surface area contributed by atoms with Crippen molar-refractivity contribution in [2.24, 2.45) is 5.73 Å². The molecule has 18 heavy (non-hydrogen) atoms. The summed E-state index contributed by atoms with van der Waals surface area (Å²) in [5.41, 5.74) is 6.75. The second-order valence-electron chi connectivity index (χ2n) is 4.15. The first-order chi connectivity index (χ1) is 7.74. The van der Waals surface area contributed by atoms with Crippen molar-refractivity contribution >= 4 is 30.6 Å². The number of aromatic nitrogens is 2. The lowest BCUT2D eigenvalue weighted by Gasteiger charge is -2.24. The van der Waals surface area contributed by atoms with Crippen LogP contribution < -0.4 is 10.6 Å². The molecule has 0 spiro atoms. The molecule has 104 valence electrons. The number of nitrogens with zero attached hydrogens (tertiary/aromatic N) is 3. The summed E-state index contributed by atoms with van der Waals surface area (Å²) in [6.07, 6.45) is 2.82. The van der Waals surface area contributed by atoms with E-state index in [1.54, 1.807) is 13.4 Å². The molecule has 2 heterocycles. The van der Waals surface area contributed by atoms with Crippen LogP contribution in [0.5, 0.6) is 0 Å². The highest BCUT2D eigenvalue weighted by atomic mass is 35.5. The molecule has 2 N–H and O–H groups in total. The Labute approximate surface area is 120 Å². The van der Waals surface area contributed by atoms with Gasteiger partial charge >= 0.3 is 0 Å². The minimum absolute atomic E-state index is 0. The van der Waals surface area contributed by atoms with Gasteiger partial charge in [-0.15, -0.1) is 24.8 Å². The third kappa shape index (κ3) is 3.68. The van der Waals surface area contributed by atoms with E-state index in [0.717, 1.165) is 24.5 Å². The van der Waals surface area contributed by atoms with Crippen molar-refractivity contribution in [2.45, 2.75) is 25.5 Å². The van der Waals surface area contributed by atoms with E-state index in [0.29, 0.717) is 12.6 Å². The number of ether oxygens (including phenoxy) is 1. The van der Waals surface area contributed by atoms with Crippen LogP contribution in [-0.4, -0.2) is 42.3 Å². The first-order valence-electron chi connectivity index (χ1n) is 5.52. The van der Waals surface area contributed by atoms with Crippen molar-refractivity contribution in [1.29, 1.82) is 0 Å². The van der Waals surface area contributed by atoms with E-state index in [1.807, 2.05) is 13.0 Å². The predicted octanol–water partition coefficient (Wildman–Crippen LogP) is 1.18. The van der Waals surface area contributed by atoms with Crippen molar-refractivity contribution in [3.8, 4) is 0 Å². The summed E-state index contributed by atoms with van der Waals surface area (Å²) in [4.78, 5) is 10.6. The Kier molecular flexibility index (Phi) is 7.47. The molecule has 1 aliphatic rings. The van der Waals surface area contributed by atoms with E-state index in [4.69, 9.17) is 10.5 Å². The Morgan fingerprint density at radius 3 is 2.72 bits per heavy atom. The number of anilines is 1. The van der Waals surface area contributed by atoms with Gasteiger partial charge in [-0.3, -0.25) is 0 Å². The summed E-state index contributed by atoms with van der Waals surface area (Å²) in [5.74, 6) is 0.947. The maximum Gasteiger partial charge on any atom is 0.132 e. The molecule has 1 aromatic heterocycles. The Bertz CT molecular complexity index is 367. The molecule has 1 aromatic rings. The first-order valence-corrected chi connectivity index (χ1v) is 5.52. The molecule has 1 saturated heterocycles. The fourth-order valence-corrected chi connectivity index (χ4v) is 2.15. The Balaban J connectivity index is 0.00000144. The van der Waals surface area contributed by atoms with Crippen molar-refractivity contribution in [3.63, 3.8) is 0 Å². The van der Waals surface area contributed by atoms with Crippen molar-refractivity contribution in [3.05, 3.63) is 18.1 Å². The van der Waals surface area contributed by atoms with Crippen LogP contribution in [0.4, 0.5) is 5.82 Å². The van der Waals surface area contributed by atoms with E-state index >= 15 is 0 Å². The zero-order valence-corrected chi connectivity index (χ0v) is 12.2. The van der Waals surface area contributed by atoms with Gasteiger partial charge in [-0.05, 0) is 13.3 Å². The molecule has 0 radical (unpaired) electrons. The Morgan fingerprint density at radius 2 is 2.17 bits per heavy atom. The molecule has 2 atom stereocenters. The molecule has 2 rings (SSSR count). The van der Waals surface area contributed by atoms with Crippen LogP contribution in [0, 0.1) is 6.92 Å². The number of nitrogens with two attached hydrogens (primary N) is 1. The number of hydrogen-bond donors (Lipinski definition) is 1. The van der Waals surface area contributed by atoms with Gasteiger partial charge in [0.05, 0.1) is 6.10 Å². The van der Waals surface area contributed by atoms with E-state index in [-0.39, 0.29) is 30.9 Å². The van der Waals surface area contributed by atoms with Crippen molar-refractivity contribution in [1.82, 2.24) is 9.97 Å². The predicted molar refractivity (Wildman–Crippen MR) is 76.9 cm³/mol. The van der Waals surface area contributed by atoms with Crippen LogP contribution >= 0.6 is 24.8 Å². The zero-order chi connectivity index (χ0) is 11.5. The molecule has 0 saturated carbocycles. The number of halogens is 2. The normalized spacial score (nSPS) is 22.3. The monoisotopic (exact) mass is 294 g/mol. The molecule has 0 unspecified atom stereocenters. The van der Waals surface area contributed by atoms with Gasteiger partial charge < -0.3 is 15.4 Å². The van der Waals surface area contributed by atoms with Gasteiger partial charge in [-0.1, -0.05) is 0 Å². The standard InChI is InChI=1S/C11H18N4O.2ClH/c1-8-3-11(14-7-13-8)15-6-10(16-2)4-9(15)5-12;;/h3,7,9-10H,4-6,12H2,1-2H3;2*1H/t9-,10-;;/m0../s1. The quantitative estimate of drug-likeness (QED) is 0.907. The minimum atomic E-state index is 0. The molecule has 1 fully saturated rings. The summed E-state index contributed by atoms with van der Waals surface area (Å²) < 4.78 is 5.38. The van der Waals surface area contributed by atoms with Crippen molar-refractivity contribution < 1.29 is 4.74 Å². The Morgan fingerprint density at radius 1 is 1.44 bits per heavy atom. The summed E-state index contributed by atoms with van der Waals surface area (Å²) in [5, 5.41) is 0. The van der Waals surface area contributed by atoms with E-state index in [1.165, 1.54) is 0 Å². The van der Waals surface area contributed by atoms with Gasteiger partial charge in [0.1, 0.15) is 12.1 Å². The second kappa shape index (κ2) is 7.74. The lowest BCUT2D eigenvalue weighted by atomic mass is 10.2. The van der Waals surface area contributed by atoms with Gasteiger partial charge in [0.2, 0.25) is 0 Å². The fourth-order valence-electron chi connectivity index (χ4n) is 2.15. The number of hydrogen-bond acceptors (Lipinski definition) is 5. The Hall–Kier alpha value is -0.620. The molecule has 1 aliphatic heterocycles. The van der Waals surface area contributed by atoms with Crippen LogP contribution in [-0.2, 0) is 4.74 Å². The van der Waals surface area contributed by atoms with E-state index < -0.39 is 0 Å². The van der Waals surface area contributed by atoms with Crippen LogP contribution in [0.1, 0.15) is 12.1 Å². The van der Waals surface area contributed by atoms with E-state index in [2.05, 4.69) is 14.9 Å².